The lowest BCUT2D eigenvalue weighted by molar-refractivity contribution is 0.0238. The monoisotopic (exact) mass is 244 g/mol. The van der Waals surface area contributed by atoms with Crippen LogP contribution in [-0.2, 0) is 11.2 Å². The fourth-order valence-electron chi connectivity index (χ4n) is 2.02. The maximum atomic E-state index is 5.99. The molecule has 1 aromatic carbocycles. The van der Waals surface area contributed by atoms with Gasteiger partial charge in [0, 0.05) is 18.1 Å². The number of benzene rings is 1. The quantitative estimate of drug-likeness (QED) is 0.738. The molecule has 2 rings (SSSR count). The first-order chi connectivity index (χ1) is 7.24. The Bertz CT molecular complexity index is 315. The Hall–Kier alpha value is -0.240. The van der Waals surface area contributed by atoms with E-state index in [-0.39, 0.29) is 5.60 Å². The van der Waals surface area contributed by atoms with E-state index in [1.165, 1.54) is 5.56 Å². The lowest BCUT2D eigenvalue weighted by Crippen LogP contribution is -2.32. The average molecular weight is 245 g/mol. The fourth-order valence-corrected chi connectivity index (χ4v) is 2.45. The number of ether oxygens (including phenoxy) is 1. The zero-order valence-corrected chi connectivity index (χ0v) is 10.0. The molecule has 0 saturated carbocycles. The van der Waals surface area contributed by atoms with Crippen LogP contribution in [0.5, 0.6) is 0 Å². The third kappa shape index (κ3) is 2.66. The molecule has 82 valence electrons. The van der Waals surface area contributed by atoms with Crippen LogP contribution in [0.15, 0.2) is 24.3 Å². The predicted molar refractivity (Wildman–Crippen MR) is 63.8 cm³/mol. The first-order valence-corrected chi connectivity index (χ1v) is 6.10. The van der Waals surface area contributed by atoms with E-state index in [1.54, 1.807) is 0 Å². The Morgan fingerprint density at radius 3 is 2.53 bits per heavy atom. The van der Waals surface area contributed by atoms with Crippen LogP contribution in [0, 0.1) is 0 Å². The summed E-state index contributed by atoms with van der Waals surface area (Å²) >= 11 is 11.8. The maximum absolute atomic E-state index is 5.99. The summed E-state index contributed by atoms with van der Waals surface area (Å²) < 4.78 is 5.76. The van der Waals surface area contributed by atoms with E-state index in [9.17, 15) is 0 Å². The molecular weight excluding hydrogens is 231 g/mol. The summed E-state index contributed by atoms with van der Waals surface area (Å²) in [7, 11) is 0. The summed E-state index contributed by atoms with van der Waals surface area (Å²) in [6.45, 7) is 0.834. The second kappa shape index (κ2) is 4.73. The molecule has 1 unspecified atom stereocenters. The molecule has 1 saturated heterocycles. The van der Waals surface area contributed by atoms with Crippen molar-refractivity contribution in [2.45, 2.75) is 24.9 Å². The molecule has 1 aromatic rings. The Labute approximate surface area is 100 Å². The van der Waals surface area contributed by atoms with Crippen molar-refractivity contribution in [2.75, 3.05) is 12.5 Å². The van der Waals surface area contributed by atoms with Gasteiger partial charge in [0.2, 0.25) is 0 Å². The number of alkyl halides is 1. The van der Waals surface area contributed by atoms with Crippen LogP contribution < -0.4 is 0 Å². The van der Waals surface area contributed by atoms with Gasteiger partial charge in [-0.1, -0.05) is 23.7 Å². The number of rotatable bonds is 3. The molecule has 1 aliphatic rings. The van der Waals surface area contributed by atoms with Crippen molar-refractivity contribution in [3.8, 4) is 0 Å². The molecule has 0 spiro atoms. The molecule has 0 aliphatic carbocycles. The Kier molecular flexibility index (Phi) is 3.55. The Balaban J connectivity index is 2.09. The molecule has 15 heavy (non-hydrogen) atoms. The first-order valence-electron chi connectivity index (χ1n) is 5.18. The van der Waals surface area contributed by atoms with Gasteiger partial charge < -0.3 is 4.74 Å². The average Bonchev–Trinajstić information content (AvgIpc) is 2.71. The Morgan fingerprint density at radius 1 is 1.27 bits per heavy atom. The largest absolute Gasteiger partial charge is 0.373 e. The van der Waals surface area contributed by atoms with Crippen molar-refractivity contribution >= 4 is 23.2 Å². The normalized spacial score (nSPS) is 25.7. The van der Waals surface area contributed by atoms with Crippen LogP contribution in [0.4, 0.5) is 0 Å². The van der Waals surface area contributed by atoms with Crippen LogP contribution in [0.25, 0.3) is 0 Å². The summed E-state index contributed by atoms with van der Waals surface area (Å²) in [5.74, 6) is 0.565. The summed E-state index contributed by atoms with van der Waals surface area (Å²) in [5.41, 5.74) is 1.09. The molecule has 3 heteroatoms. The smallest absolute Gasteiger partial charge is 0.0858 e. The van der Waals surface area contributed by atoms with Crippen molar-refractivity contribution in [1.29, 1.82) is 0 Å². The molecule has 1 fully saturated rings. The highest BCUT2D eigenvalue weighted by molar-refractivity contribution is 6.30. The molecule has 0 N–H and O–H groups in total. The molecular formula is C12H14Cl2O. The topological polar surface area (TPSA) is 9.23 Å². The van der Waals surface area contributed by atoms with E-state index in [0.29, 0.717) is 5.88 Å². The van der Waals surface area contributed by atoms with Crippen molar-refractivity contribution in [3.05, 3.63) is 34.9 Å². The van der Waals surface area contributed by atoms with E-state index in [1.807, 2.05) is 24.3 Å². The molecule has 0 aromatic heterocycles. The van der Waals surface area contributed by atoms with Gasteiger partial charge in [0.05, 0.1) is 11.5 Å². The molecule has 1 aliphatic heterocycles. The third-order valence-corrected chi connectivity index (χ3v) is 3.61. The van der Waals surface area contributed by atoms with Crippen LogP contribution in [0.2, 0.25) is 5.02 Å². The van der Waals surface area contributed by atoms with Gasteiger partial charge in [-0.3, -0.25) is 0 Å². The second-order valence-corrected chi connectivity index (χ2v) is 4.78. The zero-order chi connectivity index (χ0) is 10.7. The number of hydrogen-bond donors (Lipinski definition) is 0. The van der Waals surface area contributed by atoms with Crippen molar-refractivity contribution in [1.82, 2.24) is 0 Å². The highest BCUT2D eigenvalue weighted by Gasteiger charge is 2.34. The van der Waals surface area contributed by atoms with Crippen LogP contribution in [0.1, 0.15) is 18.4 Å². The van der Waals surface area contributed by atoms with Gasteiger partial charge in [-0.05, 0) is 30.5 Å². The summed E-state index contributed by atoms with van der Waals surface area (Å²) in [6.07, 6.45) is 3.05. The van der Waals surface area contributed by atoms with Gasteiger partial charge in [0.15, 0.2) is 0 Å². The van der Waals surface area contributed by atoms with Gasteiger partial charge in [-0.15, -0.1) is 11.6 Å². The molecule has 0 radical (unpaired) electrons. The highest BCUT2D eigenvalue weighted by atomic mass is 35.5. The van der Waals surface area contributed by atoms with Crippen molar-refractivity contribution < 1.29 is 4.74 Å². The standard InChI is InChI=1S/C12H14Cl2O/c13-9-12(6-1-7-15-12)8-10-2-4-11(14)5-3-10/h2-5H,1,6-9H2. The summed E-state index contributed by atoms with van der Waals surface area (Å²) in [6, 6.07) is 7.90. The van der Waals surface area contributed by atoms with Crippen LogP contribution in [0.3, 0.4) is 0 Å². The minimum absolute atomic E-state index is 0.143. The number of hydrogen-bond acceptors (Lipinski definition) is 1. The molecule has 0 bridgehead atoms. The molecule has 1 heterocycles. The summed E-state index contributed by atoms with van der Waals surface area (Å²) in [4.78, 5) is 0. The first kappa shape index (κ1) is 11.3. The lowest BCUT2D eigenvalue weighted by atomic mass is 9.93. The lowest BCUT2D eigenvalue weighted by Gasteiger charge is -2.25. The van der Waals surface area contributed by atoms with Gasteiger partial charge in [0.25, 0.3) is 0 Å². The van der Waals surface area contributed by atoms with Gasteiger partial charge in [-0.25, -0.2) is 0 Å². The number of halogens is 2. The maximum Gasteiger partial charge on any atom is 0.0858 e. The van der Waals surface area contributed by atoms with E-state index in [4.69, 9.17) is 27.9 Å². The minimum atomic E-state index is -0.143. The van der Waals surface area contributed by atoms with Crippen LogP contribution >= 0.6 is 23.2 Å². The minimum Gasteiger partial charge on any atom is -0.373 e. The van der Waals surface area contributed by atoms with Gasteiger partial charge in [-0.2, -0.15) is 0 Å². The molecule has 1 atom stereocenters. The SMILES string of the molecule is ClCC1(Cc2ccc(Cl)cc2)CCCO1. The van der Waals surface area contributed by atoms with E-state index < -0.39 is 0 Å². The molecule has 0 amide bonds. The zero-order valence-electron chi connectivity index (χ0n) is 8.51. The predicted octanol–water partition coefficient (Wildman–Crippen LogP) is 3.67. The van der Waals surface area contributed by atoms with E-state index in [0.717, 1.165) is 30.9 Å². The van der Waals surface area contributed by atoms with Crippen molar-refractivity contribution in [2.24, 2.45) is 0 Å². The van der Waals surface area contributed by atoms with E-state index in [2.05, 4.69) is 0 Å². The summed E-state index contributed by atoms with van der Waals surface area (Å²) in [5, 5.41) is 0.769. The molecule has 1 nitrogen and oxygen atoms in total. The van der Waals surface area contributed by atoms with Crippen LogP contribution in [-0.4, -0.2) is 18.1 Å². The van der Waals surface area contributed by atoms with Gasteiger partial charge in [0.1, 0.15) is 0 Å². The van der Waals surface area contributed by atoms with Gasteiger partial charge >= 0.3 is 0 Å². The van der Waals surface area contributed by atoms with Crippen molar-refractivity contribution in [3.63, 3.8) is 0 Å². The van der Waals surface area contributed by atoms with E-state index >= 15 is 0 Å². The highest BCUT2D eigenvalue weighted by Crippen LogP contribution is 2.31. The second-order valence-electron chi connectivity index (χ2n) is 4.07. The Morgan fingerprint density at radius 2 is 2.00 bits per heavy atom. The fraction of sp³-hybridized carbons (Fsp3) is 0.500. The third-order valence-electron chi connectivity index (χ3n) is 2.87.